The highest BCUT2D eigenvalue weighted by molar-refractivity contribution is 4.85. The summed E-state index contributed by atoms with van der Waals surface area (Å²) in [4.78, 5) is 2.48. The normalized spacial score (nSPS) is 28.2. The Labute approximate surface area is 92.2 Å². The number of rotatable bonds is 6. The number of hydrogen-bond acceptors (Lipinski definition) is 2. The number of piperidine rings is 1. The summed E-state index contributed by atoms with van der Waals surface area (Å²) in [5.74, 6) is 0. The summed E-state index contributed by atoms with van der Waals surface area (Å²) in [5.41, 5.74) is 0. The van der Waals surface area contributed by atoms with E-state index in [-0.39, 0.29) is 6.67 Å². The molecule has 1 aliphatic carbocycles. The quantitative estimate of drug-likeness (QED) is 0.727. The second kappa shape index (κ2) is 5.80. The molecule has 3 heteroatoms. The molecule has 0 aromatic rings. The van der Waals surface area contributed by atoms with Gasteiger partial charge in [0.25, 0.3) is 0 Å². The molecule has 1 atom stereocenters. The van der Waals surface area contributed by atoms with Gasteiger partial charge in [0.05, 0.1) is 6.67 Å². The van der Waals surface area contributed by atoms with Crippen molar-refractivity contribution in [2.75, 3.05) is 26.3 Å². The zero-order chi connectivity index (χ0) is 10.5. The number of hydrogen-bond donors (Lipinski definition) is 1. The lowest BCUT2D eigenvalue weighted by Crippen LogP contribution is -2.46. The van der Waals surface area contributed by atoms with Gasteiger partial charge in [0, 0.05) is 25.2 Å². The van der Waals surface area contributed by atoms with Crippen molar-refractivity contribution in [1.29, 1.82) is 0 Å². The van der Waals surface area contributed by atoms with Gasteiger partial charge in [-0.25, -0.2) is 0 Å². The van der Waals surface area contributed by atoms with Gasteiger partial charge < -0.3 is 5.32 Å². The number of alkyl halides is 1. The molecule has 1 saturated heterocycles. The lowest BCUT2D eigenvalue weighted by molar-refractivity contribution is 0.140. The molecule has 2 fully saturated rings. The van der Waals surface area contributed by atoms with Crippen LogP contribution in [0.4, 0.5) is 4.39 Å². The zero-order valence-electron chi connectivity index (χ0n) is 9.55. The van der Waals surface area contributed by atoms with Crippen LogP contribution in [0, 0.1) is 0 Å². The predicted molar refractivity (Wildman–Crippen MR) is 60.8 cm³/mol. The van der Waals surface area contributed by atoms with Crippen molar-refractivity contribution in [2.24, 2.45) is 0 Å². The fourth-order valence-electron chi connectivity index (χ4n) is 2.44. The van der Waals surface area contributed by atoms with E-state index in [9.17, 15) is 4.39 Å². The second-order valence-electron chi connectivity index (χ2n) is 4.91. The number of nitrogens with one attached hydrogen (secondary N) is 1. The van der Waals surface area contributed by atoms with Gasteiger partial charge in [0.15, 0.2) is 0 Å². The summed E-state index contributed by atoms with van der Waals surface area (Å²) in [6, 6.07) is 1.47. The Morgan fingerprint density at radius 3 is 2.80 bits per heavy atom. The van der Waals surface area contributed by atoms with Crippen LogP contribution in [0.3, 0.4) is 0 Å². The lowest BCUT2D eigenvalue weighted by atomic mass is 10.0. The molecule has 1 heterocycles. The topological polar surface area (TPSA) is 15.3 Å². The fourth-order valence-corrected chi connectivity index (χ4v) is 2.44. The van der Waals surface area contributed by atoms with Crippen LogP contribution in [0.2, 0.25) is 0 Å². The standard InChI is InChI=1S/C12H23FN2/c13-7-3-9-15-8-2-1-4-12(15)10-14-11-5-6-11/h11-12,14H,1-10H2. The van der Waals surface area contributed by atoms with E-state index in [0.717, 1.165) is 19.1 Å². The van der Waals surface area contributed by atoms with Gasteiger partial charge in [-0.1, -0.05) is 6.42 Å². The molecule has 1 saturated carbocycles. The van der Waals surface area contributed by atoms with Crippen LogP contribution in [-0.4, -0.2) is 43.3 Å². The van der Waals surface area contributed by atoms with Crippen molar-refractivity contribution in [1.82, 2.24) is 10.2 Å². The summed E-state index contributed by atoms with van der Waals surface area (Å²) in [5, 5.41) is 3.60. The second-order valence-corrected chi connectivity index (χ2v) is 4.91. The van der Waals surface area contributed by atoms with Gasteiger partial charge in [-0.15, -0.1) is 0 Å². The molecule has 2 nitrogen and oxygen atoms in total. The SMILES string of the molecule is FCCCN1CCCCC1CNC1CC1. The molecule has 0 aromatic carbocycles. The molecule has 2 rings (SSSR count). The van der Waals surface area contributed by atoms with Crippen LogP contribution in [0.5, 0.6) is 0 Å². The smallest absolute Gasteiger partial charge is 0.0906 e. The third-order valence-electron chi connectivity index (χ3n) is 3.55. The Balaban J connectivity index is 1.70. The van der Waals surface area contributed by atoms with Gasteiger partial charge in [-0.05, 0) is 38.6 Å². The van der Waals surface area contributed by atoms with Gasteiger partial charge in [0.1, 0.15) is 0 Å². The van der Waals surface area contributed by atoms with E-state index >= 15 is 0 Å². The highest BCUT2D eigenvalue weighted by atomic mass is 19.1. The third-order valence-corrected chi connectivity index (χ3v) is 3.55. The average molecular weight is 214 g/mol. The molecule has 1 N–H and O–H groups in total. The van der Waals surface area contributed by atoms with Crippen LogP contribution >= 0.6 is 0 Å². The summed E-state index contributed by atoms with van der Waals surface area (Å²) in [7, 11) is 0. The molecule has 88 valence electrons. The summed E-state index contributed by atoms with van der Waals surface area (Å²) < 4.78 is 12.2. The van der Waals surface area contributed by atoms with Gasteiger partial charge >= 0.3 is 0 Å². The highest BCUT2D eigenvalue weighted by Crippen LogP contribution is 2.21. The molecule has 0 amide bonds. The first-order valence-electron chi connectivity index (χ1n) is 6.43. The van der Waals surface area contributed by atoms with Crippen molar-refractivity contribution < 1.29 is 4.39 Å². The van der Waals surface area contributed by atoms with Gasteiger partial charge in [-0.2, -0.15) is 0 Å². The molecule has 2 aliphatic rings. The monoisotopic (exact) mass is 214 g/mol. The van der Waals surface area contributed by atoms with Crippen LogP contribution in [0.1, 0.15) is 38.5 Å². The van der Waals surface area contributed by atoms with Crippen LogP contribution in [-0.2, 0) is 0 Å². The maximum atomic E-state index is 12.2. The maximum Gasteiger partial charge on any atom is 0.0906 e. The zero-order valence-corrected chi connectivity index (χ0v) is 9.55. The maximum absolute atomic E-state index is 12.2. The first-order valence-corrected chi connectivity index (χ1v) is 6.43. The van der Waals surface area contributed by atoms with E-state index in [4.69, 9.17) is 0 Å². The number of nitrogens with zero attached hydrogens (tertiary/aromatic N) is 1. The molecule has 0 radical (unpaired) electrons. The molecule has 1 aliphatic heterocycles. The van der Waals surface area contributed by atoms with E-state index in [2.05, 4.69) is 10.2 Å². The number of halogens is 1. The minimum absolute atomic E-state index is 0.167. The fraction of sp³-hybridized carbons (Fsp3) is 1.00. The molecule has 15 heavy (non-hydrogen) atoms. The molecular weight excluding hydrogens is 191 g/mol. The largest absolute Gasteiger partial charge is 0.312 e. The third kappa shape index (κ3) is 3.72. The summed E-state index contributed by atoms with van der Waals surface area (Å²) in [6.45, 7) is 3.08. The Morgan fingerprint density at radius 1 is 1.20 bits per heavy atom. The molecule has 1 unspecified atom stereocenters. The van der Waals surface area contributed by atoms with Crippen molar-refractivity contribution in [2.45, 2.75) is 50.6 Å². The average Bonchev–Trinajstić information content (AvgIpc) is 3.08. The first-order chi connectivity index (χ1) is 7.40. The van der Waals surface area contributed by atoms with E-state index in [1.165, 1.54) is 38.6 Å². The molecular formula is C12H23FN2. The van der Waals surface area contributed by atoms with E-state index < -0.39 is 0 Å². The van der Waals surface area contributed by atoms with E-state index in [1.807, 2.05) is 0 Å². The lowest BCUT2D eigenvalue weighted by Gasteiger charge is -2.35. The highest BCUT2D eigenvalue weighted by Gasteiger charge is 2.25. The summed E-state index contributed by atoms with van der Waals surface area (Å²) in [6.07, 6.45) is 7.37. The minimum Gasteiger partial charge on any atom is -0.312 e. The predicted octanol–water partition coefficient (Wildman–Crippen LogP) is 1.95. The van der Waals surface area contributed by atoms with Gasteiger partial charge in [0.2, 0.25) is 0 Å². The van der Waals surface area contributed by atoms with E-state index in [1.54, 1.807) is 0 Å². The molecule has 0 spiro atoms. The van der Waals surface area contributed by atoms with Crippen molar-refractivity contribution in [3.05, 3.63) is 0 Å². The van der Waals surface area contributed by atoms with Crippen molar-refractivity contribution in [3.63, 3.8) is 0 Å². The Morgan fingerprint density at radius 2 is 2.07 bits per heavy atom. The molecule has 0 aromatic heterocycles. The van der Waals surface area contributed by atoms with Gasteiger partial charge in [-0.3, -0.25) is 9.29 Å². The Bertz CT molecular complexity index is 182. The van der Waals surface area contributed by atoms with Crippen molar-refractivity contribution in [3.8, 4) is 0 Å². The van der Waals surface area contributed by atoms with Crippen LogP contribution < -0.4 is 5.32 Å². The minimum atomic E-state index is -0.167. The Kier molecular flexibility index (Phi) is 4.39. The van der Waals surface area contributed by atoms with E-state index in [0.29, 0.717) is 12.5 Å². The first kappa shape index (κ1) is 11.3. The van der Waals surface area contributed by atoms with Crippen LogP contribution in [0.25, 0.3) is 0 Å². The van der Waals surface area contributed by atoms with Crippen LogP contribution in [0.15, 0.2) is 0 Å². The Hall–Kier alpha value is -0.150. The molecule has 0 bridgehead atoms. The van der Waals surface area contributed by atoms with Crippen molar-refractivity contribution >= 4 is 0 Å². The summed E-state index contributed by atoms with van der Waals surface area (Å²) >= 11 is 0. The number of likely N-dealkylation sites (tertiary alicyclic amines) is 1.